The molecule has 1 aromatic carbocycles. The molecular formula is C15H20O2. The van der Waals surface area contributed by atoms with E-state index in [1.54, 1.807) is 7.11 Å². The molecule has 0 amide bonds. The molecule has 17 heavy (non-hydrogen) atoms. The number of methoxy groups -OCH3 is 1. The molecule has 2 atom stereocenters. The second kappa shape index (κ2) is 5.97. The predicted octanol–water partition coefficient (Wildman–Crippen LogP) is 3.46. The molecule has 1 aromatic rings. The van der Waals surface area contributed by atoms with Gasteiger partial charge in [-0.2, -0.15) is 0 Å². The molecule has 2 nitrogen and oxygen atoms in total. The van der Waals surface area contributed by atoms with E-state index in [2.05, 4.69) is 0 Å². The standard InChI is InChI=1S/C15H20O2/c1-17-14-9-5-6-12(10-14)11-15(16)13-7-3-2-4-8-13/h2-4,7-8,12,14H,5-6,9-11H2,1H3. The molecule has 1 saturated carbocycles. The van der Waals surface area contributed by atoms with Gasteiger partial charge in [0.2, 0.25) is 0 Å². The van der Waals surface area contributed by atoms with Gasteiger partial charge >= 0.3 is 0 Å². The summed E-state index contributed by atoms with van der Waals surface area (Å²) in [6.45, 7) is 0. The molecule has 1 aliphatic rings. The predicted molar refractivity (Wildman–Crippen MR) is 68.1 cm³/mol. The molecule has 92 valence electrons. The highest BCUT2D eigenvalue weighted by Gasteiger charge is 2.23. The number of Topliss-reactive ketones (excluding diaryl/α,β-unsaturated/α-hetero) is 1. The van der Waals surface area contributed by atoms with Gasteiger partial charge in [-0.25, -0.2) is 0 Å². The van der Waals surface area contributed by atoms with Crippen molar-refractivity contribution < 1.29 is 9.53 Å². The maximum Gasteiger partial charge on any atom is 0.163 e. The molecule has 0 N–H and O–H groups in total. The van der Waals surface area contributed by atoms with Crippen LogP contribution in [0, 0.1) is 5.92 Å². The zero-order valence-corrected chi connectivity index (χ0v) is 10.4. The molecule has 0 saturated heterocycles. The van der Waals surface area contributed by atoms with Gasteiger partial charge in [-0.1, -0.05) is 36.8 Å². The van der Waals surface area contributed by atoms with Gasteiger partial charge in [0.1, 0.15) is 0 Å². The number of ether oxygens (including phenoxy) is 1. The highest BCUT2D eigenvalue weighted by molar-refractivity contribution is 5.96. The minimum Gasteiger partial charge on any atom is -0.381 e. The summed E-state index contributed by atoms with van der Waals surface area (Å²) in [4.78, 5) is 12.1. The van der Waals surface area contributed by atoms with Gasteiger partial charge in [-0.15, -0.1) is 0 Å². The first-order chi connectivity index (χ1) is 8.29. The van der Waals surface area contributed by atoms with E-state index < -0.39 is 0 Å². The number of carbonyl (C=O) groups is 1. The lowest BCUT2D eigenvalue weighted by Gasteiger charge is -2.27. The molecule has 0 bridgehead atoms. The fourth-order valence-corrected chi connectivity index (χ4v) is 2.65. The summed E-state index contributed by atoms with van der Waals surface area (Å²) in [5, 5.41) is 0. The van der Waals surface area contributed by atoms with Crippen LogP contribution in [0.1, 0.15) is 42.5 Å². The van der Waals surface area contributed by atoms with Crippen LogP contribution >= 0.6 is 0 Å². The molecule has 0 spiro atoms. The minimum atomic E-state index is 0.271. The first kappa shape index (κ1) is 12.3. The monoisotopic (exact) mass is 232 g/mol. The lowest BCUT2D eigenvalue weighted by molar-refractivity contribution is 0.0478. The molecule has 1 fully saturated rings. The third kappa shape index (κ3) is 3.40. The Balaban J connectivity index is 1.90. The molecule has 2 heteroatoms. The van der Waals surface area contributed by atoms with Crippen LogP contribution in [-0.2, 0) is 4.74 Å². The Kier molecular flexibility index (Phi) is 4.32. The summed E-state index contributed by atoms with van der Waals surface area (Å²) in [5.41, 5.74) is 0.840. The van der Waals surface area contributed by atoms with E-state index in [0.717, 1.165) is 18.4 Å². The van der Waals surface area contributed by atoms with Crippen molar-refractivity contribution in [3.63, 3.8) is 0 Å². The van der Waals surface area contributed by atoms with Crippen LogP contribution in [0.3, 0.4) is 0 Å². The molecular weight excluding hydrogens is 212 g/mol. The van der Waals surface area contributed by atoms with Crippen molar-refractivity contribution in [2.24, 2.45) is 5.92 Å². The molecule has 2 rings (SSSR count). The van der Waals surface area contributed by atoms with E-state index in [1.807, 2.05) is 30.3 Å². The fourth-order valence-electron chi connectivity index (χ4n) is 2.65. The number of benzene rings is 1. The number of hydrogen-bond donors (Lipinski definition) is 0. The summed E-state index contributed by atoms with van der Waals surface area (Å²) in [6.07, 6.45) is 5.56. The number of ketones is 1. The summed E-state index contributed by atoms with van der Waals surface area (Å²) in [7, 11) is 1.77. The molecule has 0 radical (unpaired) electrons. The average Bonchev–Trinajstić information content (AvgIpc) is 2.40. The van der Waals surface area contributed by atoms with Gasteiger partial charge in [0, 0.05) is 19.1 Å². The van der Waals surface area contributed by atoms with Crippen LogP contribution in [0.2, 0.25) is 0 Å². The van der Waals surface area contributed by atoms with Crippen LogP contribution in [0.5, 0.6) is 0 Å². The smallest absolute Gasteiger partial charge is 0.163 e. The van der Waals surface area contributed by atoms with E-state index in [-0.39, 0.29) is 5.78 Å². The Morgan fingerprint density at radius 1 is 1.29 bits per heavy atom. The van der Waals surface area contributed by atoms with Gasteiger partial charge in [-0.3, -0.25) is 4.79 Å². The first-order valence-electron chi connectivity index (χ1n) is 6.40. The second-order valence-electron chi connectivity index (χ2n) is 4.88. The van der Waals surface area contributed by atoms with Crippen molar-refractivity contribution in [2.45, 2.75) is 38.2 Å². The van der Waals surface area contributed by atoms with Crippen molar-refractivity contribution in [3.8, 4) is 0 Å². The topological polar surface area (TPSA) is 26.3 Å². The van der Waals surface area contributed by atoms with Crippen molar-refractivity contribution in [3.05, 3.63) is 35.9 Å². The third-order valence-corrected chi connectivity index (χ3v) is 3.64. The maximum atomic E-state index is 12.1. The molecule has 0 heterocycles. The zero-order valence-electron chi connectivity index (χ0n) is 10.4. The van der Waals surface area contributed by atoms with Crippen molar-refractivity contribution >= 4 is 5.78 Å². The van der Waals surface area contributed by atoms with Gasteiger partial charge in [0.15, 0.2) is 5.78 Å². The first-order valence-corrected chi connectivity index (χ1v) is 6.40. The second-order valence-corrected chi connectivity index (χ2v) is 4.88. The van der Waals surface area contributed by atoms with Crippen molar-refractivity contribution in [2.75, 3.05) is 7.11 Å². The molecule has 1 aliphatic carbocycles. The highest BCUT2D eigenvalue weighted by atomic mass is 16.5. The Morgan fingerprint density at radius 3 is 2.76 bits per heavy atom. The Hall–Kier alpha value is -1.15. The maximum absolute atomic E-state index is 12.1. The van der Waals surface area contributed by atoms with Crippen LogP contribution in [-0.4, -0.2) is 19.0 Å². The lowest BCUT2D eigenvalue weighted by Crippen LogP contribution is -2.23. The van der Waals surface area contributed by atoms with Crippen LogP contribution < -0.4 is 0 Å². The van der Waals surface area contributed by atoms with E-state index in [9.17, 15) is 4.79 Å². The summed E-state index contributed by atoms with van der Waals surface area (Å²) in [6, 6.07) is 9.59. The minimum absolute atomic E-state index is 0.271. The van der Waals surface area contributed by atoms with Gasteiger partial charge in [0.25, 0.3) is 0 Å². The molecule has 0 aromatic heterocycles. The van der Waals surface area contributed by atoms with Gasteiger partial charge in [-0.05, 0) is 25.2 Å². The third-order valence-electron chi connectivity index (χ3n) is 3.64. The molecule has 0 aliphatic heterocycles. The van der Waals surface area contributed by atoms with E-state index in [4.69, 9.17) is 4.74 Å². The Bertz CT molecular complexity index is 358. The van der Waals surface area contributed by atoms with Crippen LogP contribution in [0.25, 0.3) is 0 Å². The normalized spacial score (nSPS) is 24.5. The Morgan fingerprint density at radius 2 is 2.06 bits per heavy atom. The van der Waals surface area contributed by atoms with Gasteiger partial charge in [0.05, 0.1) is 6.10 Å². The van der Waals surface area contributed by atoms with Crippen LogP contribution in [0.15, 0.2) is 30.3 Å². The van der Waals surface area contributed by atoms with Crippen molar-refractivity contribution in [1.29, 1.82) is 0 Å². The SMILES string of the molecule is COC1CCCC(CC(=O)c2ccccc2)C1. The largest absolute Gasteiger partial charge is 0.381 e. The van der Waals surface area contributed by atoms with Crippen LogP contribution in [0.4, 0.5) is 0 Å². The Labute approximate surface area is 103 Å². The summed E-state index contributed by atoms with van der Waals surface area (Å²) < 4.78 is 5.40. The fraction of sp³-hybridized carbons (Fsp3) is 0.533. The quantitative estimate of drug-likeness (QED) is 0.743. The zero-order chi connectivity index (χ0) is 12.1. The average molecular weight is 232 g/mol. The summed E-state index contributed by atoms with van der Waals surface area (Å²) in [5.74, 6) is 0.772. The number of rotatable bonds is 4. The van der Waals surface area contributed by atoms with E-state index in [1.165, 1.54) is 12.8 Å². The van der Waals surface area contributed by atoms with Gasteiger partial charge < -0.3 is 4.74 Å². The van der Waals surface area contributed by atoms with E-state index >= 15 is 0 Å². The summed E-state index contributed by atoms with van der Waals surface area (Å²) >= 11 is 0. The number of hydrogen-bond acceptors (Lipinski definition) is 2. The lowest BCUT2D eigenvalue weighted by atomic mass is 9.83. The van der Waals surface area contributed by atoms with Crippen molar-refractivity contribution in [1.82, 2.24) is 0 Å². The highest BCUT2D eigenvalue weighted by Crippen LogP contribution is 2.29. The molecule has 2 unspecified atom stereocenters. The number of carbonyl (C=O) groups excluding carboxylic acids is 1. The van der Waals surface area contributed by atoms with E-state index in [0.29, 0.717) is 18.4 Å².